The summed E-state index contributed by atoms with van der Waals surface area (Å²) in [6, 6.07) is 8.95. The average molecular weight is 197 g/mol. The van der Waals surface area contributed by atoms with Crippen LogP contribution >= 0.6 is 0 Å². The Hall–Kier alpha value is -1.49. The van der Waals surface area contributed by atoms with Gasteiger partial charge in [-0.1, -0.05) is 18.2 Å². The van der Waals surface area contributed by atoms with Gasteiger partial charge >= 0.3 is 0 Å². The number of fused-ring (bicyclic) bond motifs is 1. The van der Waals surface area contributed by atoms with Crippen LogP contribution in [0.2, 0.25) is 0 Å². The van der Waals surface area contributed by atoms with Crippen LogP contribution in [0.5, 0.6) is 0 Å². The molecule has 4 nitrogen and oxygen atoms in total. The largest absolute Gasteiger partial charge is 0.440 e. The summed E-state index contributed by atoms with van der Waals surface area (Å²) in [6.07, 6.45) is 0. The molecular formula is C8H7NO3S. The summed E-state index contributed by atoms with van der Waals surface area (Å²) in [6.45, 7) is 0. The molecule has 0 aliphatic heterocycles. The first-order valence-corrected chi connectivity index (χ1v) is 4.83. The SMILES string of the molecule is O=[SH](=O)Nc1cc2ccccc2o1. The van der Waals surface area contributed by atoms with Crippen molar-refractivity contribution in [2.24, 2.45) is 0 Å². The summed E-state index contributed by atoms with van der Waals surface area (Å²) in [5.41, 5.74) is 0.668. The lowest BCUT2D eigenvalue weighted by molar-refractivity contribution is 0.609. The second-order valence-electron chi connectivity index (χ2n) is 2.52. The molecule has 0 saturated heterocycles. The molecule has 1 aromatic carbocycles. The van der Waals surface area contributed by atoms with Gasteiger partial charge in [-0.25, -0.2) is 8.42 Å². The molecule has 0 aliphatic rings. The monoisotopic (exact) mass is 197 g/mol. The third-order valence-electron chi connectivity index (χ3n) is 1.63. The summed E-state index contributed by atoms with van der Waals surface area (Å²) < 4.78 is 28.0. The average Bonchev–Trinajstić information content (AvgIpc) is 2.44. The lowest BCUT2D eigenvalue weighted by Crippen LogP contribution is -1.91. The number of para-hydroxylation sites is 1. The minimum Gasteiger partial charge on any atom is -0.440 e. The van der Waals surface area contributed by atoms with Gasteiger partial charge in [-0.3, -0.25) is 4.72 Å². The Balaban J connectivity index is 2.49. The number of nitrogens with one attached hydrogen (secondary N) is 1. The third-order valence-corrected chi connectivity index (χ3v) is 2.03. The van der Waals surface area contributed by atoms with Gasteiger partial charge in [-0.15, -0.1) is 0 Å². The highest BCUT2D eigenvalue weighted by molar-refractivity contribution is 7.73. The minimum atomic E-state index is -2.66. The molecule has 68 valence electrons. The molecule has 1 heterocycles. The van der Waals surface area contributed by atoms with Crippen molar-refractivity contribution in [3.63, 3.8) is 0 Å². The van der Waals surface area contributed by atoms with E-state index in [0.717, 1.165) is 5.39 Å². The quantitative estimate of drug-likeness (QED) is 0.715. The highest BCUT2D eigenvalue weighted by Crippen LogP contribution is 2.22. The molecule has 0 atom stereocenters. The van der Waals surface area contributed by atoms with E-state index in [-0.39, 0.29) is 5.88 Å². The zero-order valence-electron chi connectivity index (χ0n) is 6.56. The summed E-state index contributed by atoms with van der Waals surface area (Å²) in [5.74, 6) is 0.248. The van der Waals surface area contributed by atoms with E-state index in [9.17, 15) is 8.42 Å². The molecule has 0 bridgehead atoms. The van der Waals surface area contributed by atoms with E-state index >= 15 is 0 Å². The lowest BCUT2D eigenvalue weighted by Gasteiger charge is -1.87. The molecule has 2 rings (SSSR count). The molecule has 0 aliphatic carbocycles. The molecule has 0 amide bonds. The predicted octanol–water partition coefficient (Wildman–Crippen LogP) is 1.37. The van der Waals surface area contributed by atoms with Crippen LogP contribution in [0.3, 0.4) is 0 Å². The molecule has 13 heavy (non-hydrogen) atoms. The van der Waals surface area contributed by atoms with Gasteiger partial charge in [0.15, 0.2) is 0 Å². The molecular weight excluding hydrogens is 190 g/mol. The van der Waals surface area contributed by atoms with E-state index in [1.807, 2.05) is 18.2 Å². The van der Waals surface area contributed by atoms with Crippen molar-refractivity contribution < 1.29 is 12.8 Å². The van der Waals surface area contributed by atoms with Gasteiger partial charge in [-0.05, 0) is 6.07 Å². The Labute approximate surface area is 76.2 Å². The highest BCUT2D eigenvalue weighted by Gasteiger charge is 2.01. The van der Waals surface area contributed by atoms with Crippen molar-refractivity contribution in [2.45, 2.75) is 0 Å². The van der Waals surface area contributed by atoms with Crippen LogP contribution in [0.4, 0.5) is 5.88 Å². The number of furan rings is 1. The fraction of sp³-hybridized carbons (Fsp3) is 0. The number of benzene rings is 1. The first-order chi connectivity index (χ1) is 6.25. The maximum atomic E-state index is 10.3. The second-order valence-corrected chi connectivity index (χ2v) is 3.26. The van der Waals surface area contributed by atoms with E-state index in [0.29, 0.717) is 5.58 Å². The van der Waals surface area contributed by atoms with E-state index in [2.05, 4.69) is 4.72 Å². The van der Waals surface area contributed by atoms with Gasteiger partial charge in [0.2, 0.25) is 16.8 Å². The maximum Gasteiger partial charge on any atom is 0.224 e. The van der Waals surface area contributed by atoms with Crippen LogP contribution in [-0.2, 0) is 10.9 Å². The molecule has 0 radical (unpaired) electrons. The normalized spacial score (nSPS) is 10.8. The number of hydrogen-bond donors (Lipinski definition) is 2. The first kappa shape index (κ1) is 8.12. The third kappa shape index (κ3) is 1.65. The summed E-state index contributed by atoms with van der Waals surface area (Å²) in [7, 11) is -2.66. The van der Waals surface area contributed by atoms with E-state index in [1.165, 1.54) is 0 Å². The van der Waals surface area contributed by atoms with Crippen LogP contribution in [0, 0.1) is 0 Å². The fourth-order valence-electron chi connectivity index (χ4n) is 1.13. The molecule has 0 fully saturated rings. The Morgan fingerprint density at radius 3 is 2.69 bits per heavy atom. The van der Waals surface area contributed by atoms with Crippen molar-refractivity contribution >= 4 is 27.7 Å². The number of rotatable bonds is 2. The molecule has 2 aromatic rings. The van der Waals surface area contributed by atoms with Gasteiger partial charge in [0.05, 0.1) is 0 Å². The zero-order chi connectivity index (χ0) is 9.26. The predicted molar refractivity (Wildman–Crippen MR) is 50.2 cm³/mol. The second kappa shape index (κ2) is 3.10. The van der Waals surface area contributed by atoms with Gasteiger partial charge < -0.3 is 4.42 Å². The molecule has 0 saturated carbocycles. The van der Waals surface area contributed by atoms with Crippen LogP contribution in [0.25, 0.3) is 11.0 Å². The highest BCUT2D eigenvalue weighted by atomic mass is 32.2. The summed E-state index contributed by atoms with van der Waals surface area (Å²) in [5, 5.41) is 0.877. The molecule has 1 N–H and O–H groups in total. The number of hydrogen-bond acceptors (Lipinski definition) is 3. The van der Waals surface area contributed by atoms with Crippen molar-refractivity contribution in [2.75, 3.05) is 4.72 Å². The van der Waals surface area contributed by atoms with Crippen molar-refractivity contribution in [1.29, 1.82) is 0 Å². The molecule has 5 heteroatoms. The first-order valence-electron chi connectivity index (χ1n) is 3.65. The smallest absolute Gasteiger partial charge is 0.224 e. The number of thiol groups is 1. The van der Waals surface area contributed by atoms with Crippen molar-refractivity contribution in [1.82, 2.24) is 0 Å². The molecule has 0 spiro atoms. The standard InChI is InChI=1S/C8H7NO3S/c10-13(11)9-8-5-6-3-1-2-4-7(6)12-8/h1-5,13H,(H,9,10,11). The van der Waals surface area contributed by atoms with Crippen LogP contribution in [-0.4, -0.2) is 8.42 Å². The zero-order valence-corrected chi connectivity index (χ0v) is 7.45. The number of anilines is 1. The Kier molecular flexibility index (Phi) is 1.94. The summed E-state index contributed by atoms with van der Waals surface area (Å²) in [4.78, 5) is 0. The maximum absolute atomic E-state index is 10.3. The van der Waals surface area contributed by atoms with Crippen LogP contribution in [0.1, 0.15) is 0 Å². The Morgan fingerprint density at radius 2 is 2.00 bits per heavy atom. The summed E-state index contributed by atoms with van der Waals surface area (Å²) >= 11 is 0. The van der Waals surface area contributed by atoms with Crippen LogP contribution in [0.15, 0.2) is 34.7 Å². The van der Waals surface area contributed by atoms with Crippen LogP contribution < -0.4 is 4.72 Å². The molecule has 1 aromatic heterocycles. The minimum absolute atomic E-state index is 0.248. The Bertz CT molecular complexity index is 460. The van der Waals surface area contributed by atoms with Crippen molar-refractivity contribution in [3.05, 3.63) is 30.3 Å². The van der Waals surface area contributed by atoms with E-state index in [4.69, 9.17) is 4.42 Å². The van der Waals surface area contributed by atoms with Gasteiger partial charge in [0.25, 0.3) is 0 Å². The fourth-order valence-corrected chi connectivity index (χ4v) is 1.42. The van der Waals surface area contributed by atoms with Crippen molar-refractivity contribution in [3.8, 4) is 0 Å². The van der Waals surface area contributed by atoms with Gasteiger partial charge in [0.1, 0.15) is 5.58 Å². The molecule has 0 unspecified atom stereocenters. The topological polar surface area (TPSA) is 59.3 Å². The van der Waals surface area contributed by atoms with Gasteiger partial charge in [0, 0.05) is 11.5 Å². The van der Waals surface area contributed by atoms with E-state index in [1.54, 1.807) is 12.1 Å². The van der Waals surface area contributed by atoms with E-state index < -0.39 is 10.9 Å². The Morgan fingerprint density at radius 1 is 1.23 bits per heavy atom. The lowest BCUT2D eigenvalue weighted by atomic mass is 10.3. The van der Waals surface area contributed by atoms with Gasteiger partial charge in [-0.2, -0.15) is 0 Å².